The molecule has 0 radical (unpaired) electrons. The lowest BCUT2D eigenvalue weighted by Gasteiger charge is -2.24. The first-order valence-electron chi connectivity index (χ1n) is 12.0. The van der Waals surface area contributed by atoms with E-state index in [9.17, 15) is 13.2 Å². The van der Waals surface area contributed by atoms with Crippen LogP contribution >= 0.6 is 23.2 Å². The summed E-state index contributed by atoms with van der Waals surface area (Å²) in [5.74, 6) is -0.362. The Hall–Kier alpha value is -2.39. The third kappa shape index (κ3) is 5.62. The molecule has 190 valence electrons. The molecule has 2 aromatic carbocycles. The predicted molar refractivity (Wildman–Crippen MR) is 138 cm³/mol. The Kier molecular flexibility index (Phi) is 7.40. The quantitative estimate of drug-likeness (QED) is 0.370. The van der Waals surface area contributed by atoms with E-state index < -0.39 is 9.84 Å². The van der Waals surface area contributed by atoms with Crippen LogP contribution in [0.1, 0.15) is 47.3 Å². The van der Waals surface area contributed by atoms with E-state index in [4.69, 9.17) is 27.9 Å². The molecule has 10 heteroatoms. The molecule has 1 saturated heterocycles. The largest absolute Gasteiger partial charge is 0.376 e. The number of rotatable bonds is 9. The number of halogens is 2. The molecule has 1 amide bonds. The van der Waals surface area contributed by atoms with Gasteiger partial charge in [-0.05, 0) is 49.4 Å². The molecule has 1 atom stereocenters. The smallest absolute Gasteiger partial charge is 0.255 e. The molecule has 0 unspecified atom stereocenters. The summed E-state index contributed by atoms with van der Waals surface area (Å²) in [6.07, 6.45) is 5.02. The fraction of sp³-hybridized carbons (Fsp3) is 0.385. The van der Waals surface area contributed by atoms with Crippen LogP contribution in [0.25, 0.3) is 0 Å². The van der Waals surface area contributed by atoms with Crippen molar-refractivity contribution >= 4 is 38.9 Å². The summed E-state index contributed by atoms with van der Waals surface area (Å²) in [5, 5.41) is 0.749. The van der Waals surface area contributed by atoms with Crippen LogP contribution in [0.15, 0.2) is 59.9 Å². The van der Waals surface area contributed by atoms with Crippen molar-refractivity contribution in [3.05, 3.63) is 81.6 Å². The zero-order valence-corrected chi connectivity index (χ0v) is 22.0. The molecule has 2 aliphatic rings. The maximum Gasteiger partial charge on any atom is 0.255 e. The third-order valence-corrected chi connectivity index (χ3v) is 8.68. The van der Waals surface area contributed by atoms with E-state index in [-0.39, 0.29) is 40.5 Å². The summed E-state index contributed by atoms with van der Waals surface area (Å²) in [4.78, 5) is 19.6. The molecule has 1 saturated carbocycles. The molecular weight excluding hydrogens is 521 g/mol. The van der Waals surface area contributed by atoms with Gasteiger partial charge in [0.1, 0.15) is 0 Å². The number of carbonyl (C=O) groups is 1. The van der Waals surface area contributed by atoms with Crippen LogP contribution in [0.4, 0.5) is 0 Å². The van der Waals surface area contributed by atoms with Gasteiger partial charge in [-0.2, -0.15) is 0 Å². The molecule has 0 N–H and O–H groups in total. The highest BCUT2D eigenvalue weighted by Crippen LogP contribution is 2.33. The number of nitrogens with zero attached hydrogens (tertiary/aromatic N) is 3. The van der Waals surface area contributed by atoms with Gasteiger partial charge < -0.3 is 14.2 Å². The average molecular weight is 548 g/mol. The van der Waals surface area contributed by atoms with Crippen molar-refractivity contribution in [2.24, 2.45) is 0 Å². The Morgan fingerprint density at radius 2 is 1.89 bits per heavy atom. The second-order valence-electron chi connectivity index (χ2n) is 9.31. The number of sulfone groups is 1. The molecule has 2 heterocycles. The highest BCUT2D eigenvalue weighted by atomic mass is 35.5. The minimum Gasteiger partial charge on any atom is -0.376 e. The fourth-order valence-corrected chi connectivity index (χ4v) is 6.55. The van der Waals surface area contributed by atoms with Crippen LogP contribution in [0, 0.1) is 0 Å². The van der Waals surface area contributed by atoms with E-state index >= 15 is 0 Å². The molecule has 1 aromatic heterocycles. The highest BCUT2D eigenvalue weighted by Gasteiger charge is 2.36. The van der Waals surface area contributed by atoms with Gasteiger partial charge in [-0.15, -0.1) is 0 Å². The van der Waals surface area contributed by atoms with Gasteiger partial charge in [0.15, 0.2) is 0 Å². The maximum atomic E-state index is 13.5. The summed E-state index contributed by atoms with van der Waals surface area (Å²) < 4.78 is 34.4. The van der Waals surface area contributed by atoms with Gasteiger partial charge in [-0.3, -0.25) is 4.79 Å². The van der Waals surface area contributed by atoms with Crippen molar-refractivity contribution in [1.29, 1.82) is 0 Å². The number of hydrogen-bond acceptors (Lipinski definition) is 5. The van der Waals surface area contributed by atoms with Gasteiger partial charge in [0.25, 0.3) is 5.91 Å². The topological polar surface area (TPSA) is 81.5 Å². The third-order valence-electron chi connectivity index (χ3n) is 6.53. The number of imidazole rings is 1. The second-order valence-corrected chi connectivity index (χ2v) is 12.0. The van der Waals surface area contributed by atoms with Crippen molar-refractivity contribution in [3.63, 3.8) is 0 Å². The Morgan fingerprint density at radius 1 is 1.11 bits per heavy atom. The first-order valence-corrected chi connectivity index (χ1v) is 14.4. The lowest BCUT2D eigenvalue weighted by atomic mass is 10.2. The fourth-order valence-electron chi connectivity index (χ4n) is 4.56. The summed E-state index contributed by atoms with van der Waals surface area (Å²) in [5.41, 5.74) is 1.72. The van der Waals surface area contributed by atoms with Crippen LogP contribution < -0.4 is 0 Å². The van der Waals surface area contributed by atoms with Gasteiger partial charge in [-0.1, -0.05) is 53.5 Å². The van der Waals surface area contributed by atoms with Crippen LogP contribution in [0.2, 0.25) is 10.0 Å². The summed E-state index contributed by atoms with van der Waals surface area (Å²) >= 11 is 12.4. The SMILES string of the molecule is O=C(c1ccc(Cl)cc1Cl)N(Cc1cnc(S(=O)(=O)Cc2ccccc2)n1C[C@H]1CCCO1)C1CC1. The van der Waals surface area contributed by atoms with E-state index in [2.05, 4.69) is 4.98 Å². The van der Waals surface area contributed by atoms with E-state index in [1.165, 1.54) is 0 Å². The number of benzene rings is 2. The molecule has 7 nitrogen and oxygen atoms in total. The number of ether oxygens (including phenoxy) is 1. The van der Waals surface area contributed by atoms with E-state index in [1.807, 2.05) is 18.2 Å². The monoisotopic (exact) mass is 547 g/mol. The molecule has 0 bridgehead atoms. The first-order chi connectivity index (χ1) is 17.3. The Labute approximate surface area is 220 Å². The second kappa shape index (κ2) is 10.5. The first kappa shape index (κ1) is 25.3. The Bertz CT molecular complexity index is 1350. The van der Waals surface area contributed by atoms with Crippen molar-refractivity contribution < 1.29 is 17.9 Å². The molecule has 1 aliphatic heterocycles. The number of carbonyl (C=O) groups excluding carboxylic acids is 1. The molecule has 1 aliphatic carbocycles. The number of aromatic nitrogens is 2. The minimum absolute atomic E-state index is 0.00424. The van der Waals surface area contributed by atoms with Crippen LogP contribution in [0.5, 0.6) is 0 Å². The Balaban J connectivity index is 1.47. The van der Waals surface area contributed by atoms with Gasteiger partial charge in [-0.25, -0.2) is 13.4 Å². The van der Waals surface area contributed by atoms with Crippen molar-refractivity contribution in [2.75, 3.05) is 6.61 Å². The lowest BCUT2D eigenvalue weighted by molar-refractivity contribution is 0.0718. The predicted octanol–water partition coefficient (Wildman–Crippen LogP) is 5.15. The highest BCUT2D eigenvalue weighted by molar-refractivity contribution is 7.90. The molecule has 36 heavy (non-hydrogen) atoms. The molecular formula is C26H27Cl2N3O4S. The van der Waals surface area contributed by atoms with Crippen molar-refractivity contribution in [3.8, 4) is 0 Å². The molecule has 3 aromatic rings. The van der Waals surface area contributed by atoms with Crippen LogP contribution in [-0.2, 0) is 33.4 Å². The van der Waals surface area contributed by atoms with Gasteiger partial charge in [0.2, 0.25) is 15.0 Å². The van der Waals surface area contributed by atoms with Crippen molar-refractivity contribution in [1.82, 2.24) is 14.5 Å². The standard InChI is InChI=1S/C26H27Cl2N3O4S/c27-19-8-11-23(24(28)13-19)25(32)30(20-9-10-20)15-21-14-29-26(31(21)16-22-7-4-12-35-22)36(33,34)17-18-5-2-1-3-6-18/h1-3,5-6,8,11,13-14,20,22H,4,7,9-10,12,15-17H2/t22-/m1/s1. The summed E-state index contributed by atoms with van der Waals surface area (Å²) in [6.45, 7) is 1.25. The van der Waals surface area contributed by atoms with E-state index in [1.54, 1.807) is 46.0 Å². The minimum atomic E-state index is -3.73. The maximum absolute atomic E-state index is 13.5. The van der Waals surface area contributed by atoms with E-state index in [0.717, 1.165) is 25.7 Å². The summed E-state index contributed by atoms with van der Waals surface area (Å²) in [6, 6.07) is 13.9. The summed E-state index contributed by atoms with van der Waals surface area (Å²) in [7, 11) is -3.73. The lowest BCUT2D eigenvalue weighted by Crippen LogP contribution is -2.34. The van der Waals surface area contributed by atoms with Gasteiger partial charge in [0.05, 0.1) is 47.4 Å². The molecule has 5 rings (SSSR count). The van der Waals surface area contributed by atoms with Gasteiger partial charge >= 0.3 is 0 Å². The van der Waals surface area contributed by atoms with E-state index in [0.29, 0.717) is 35.0 Å². The van der Waals surface area contributed by atoms with Crippen molar-refractivity contribution in [2.45, 2.75) is 61.8 Å². The normalized spacial score (nSPS) is 17.9. The number of amides is 1. The Morgan fingerprint density at radius 3 is 2.56 bits per heavy atom. The average Bonchev–Trinajstić information content (AvgIpc) is 3.39. The van der Waals surface area contributed by atoms with Gasteiger partial charge in [0, 0.05) is 17.7 Å². The molecule has 0 spiro atoms. The zero-order chi connectivity index (χ0) is 25.3. The van der Waals surface area contributed by atoms with Crippen LogP contribution in [-0.4, -0.2) is 47.5 Å². The number of hydrogen-bond donors (Lipinski definition) is 0. The molecule has 2 fully saturated rings. The van der Waals surface area contributed by atoms with Crippen LogP contribution in [0.3, 0.4) is 0 Å². The zero-order valence-electron chi connectivity index (χ0n) is 19.6.